The Morgan fingerprint density at radius 1 is 0.839 bits per heavy atom. The molecule has 0 radical (unpaired) electrons. The van der Waals surface area contributed by atoms with Crippen LogP contribution in [0.5, 0.6) is 11.5 Å². The monoisotopic (exact) mass is 461 g/mol. The van der Waals surface area contributed by atoms with E-state index in [-0.39, 0.29) is 25.9 Å². The first-order valence-electron chi connectivity index (χ1n) is 9.29. The van der Waals surface area contributed by atoms with Gasteiger partial charge in [0, 0.05) is 0 Å². The molecular weight excluding hydrogens is 438 g/mol. The lowest BCUT2D eigenvalue weighted by molar-refractivity contribution is 0.414. The standard InChI is InChI=1S/C22H23NO6S2/c1-14-5-9-19(10-6-14)31(27,28)23-21-15(2)13-20(24)22(16(21)3)30(25,26)18-11-7-17(29-4)8-12-18/h5-13,23-24H,1-4H3. The van der Waals surface area contributed by atoms with E-state index < -0.39 is 25.6 Å². The first-order chi connectivity index (χ1) is 14.5. The maximum absolute atomic E-state index is 13.2. The number of benzene rings is 3. The van der Waals surface area contributed by atoms with Crippen molar-refractivity contribution in [1.82, 2.24) is 0 Å². The van der Waals surface area contributed by atoms with E-state index in [9.17, 15) is 21.9 Å². The summed E-state index contributed by atoms with van der Waals surface area (Å²) in [5.74, 6) is 0.0273. The van der Waals surface area contributed by atoms with Gasteiger partial charge in [-0.15, -0.1) is 0 Å². The molecule has 0 saturated heterocycles. The van der Waals surface area contributed by atoms with Gasteiger partial charge in [-0.2, -0.15) is 0 Å². The number of rotatable bonds is 6. The summed E-state index contributed by atoms with van der Waals surface area (Å²) in [4.78, 5) is -0.364. The van der Waals surface area contributed by atoms with Crippen LogP contribution in [0.2, 0.25) is 0 Å². The minimum absolute atomic E-state index is 0.0459. The van der Waals surface area contributed by atoms with E-state index in [2.05, 4.69) is 4.72 Å². The predicted octanol–water partition coefficient (Wildman–Crippen LogP) is 3.96. The van der Waals surface area contributed by atoms with Crippen molar-refractivity contribution in [3.8, 4) is 11.5 Å². The van der Waals surface area contributed by atoms with Gasteiger partial charge in [0.25, 0.3) is 10.0 Å². The normalized spacial score (nSPS) is 11.9. The minimum atomic E-state index is -4.13. The van der Waals surface area contributed by atoms with E-state index in [1.807, 2.05) is 6.92 Å². The van der Waals surface area contributed by atoms with E-state index >= 15 is 0 Å². The maximum Gasteiger partial charge on any atom is 0.261 e. The van der Waals surface area contributed by atoms with Crippen LogP contribution in [-0.2, 0) is 19.9 Å². The van der Waals surface area contributed by atoms with Gasteiger partial charge in [0.1, 0.15) is 16.4 Å². The van der Waals surface area contributed by atoms with Gasteiger partial charge in [-0.3, -0.25) is 4.72 Å². The fourth-order valence-electron chi connectivity index (χ4n) is 3.22. The number of hydrogen-bond donors (Lipinski definition) is 2. The molecule has 31 heavy (non-hydrogen) atoms. The molecule has 9 heteroatoms. The van der Waals surface area contributed by atoms with Crippen LogP contribution < -0.4 is 9.46 Å². The Hall–Kier alpha value is -3.04. The van der Waals surface area contributed by atoms with Gasteiger partial charge in [-0.1, -0.05) is 17.7 Å². The highest BCUT2D eigenvalue weighted by Crippen LogP contribution is 2.38. The van der Waals surface area contributed by atoms with Crippen molar-refractivity contribution < 1.29 is 26.7 Å². The fourth-order valence-corrected chi connectivity index (χ4v) is 5.99. The summed E-state index contributed by atoms with van der Waals surface area (Å²) >= 11 is 0. The predicted molar refractivity (Wildman–Crippen MR) is 118 cm³/mol. The maximum atomic E-state index is 13.2. The third kappa shape index (κ3) is 4.38. The van der Waals surface area contributed by atoms with Crippen LogP contribution in [0.3, 0.4) is 0 Å². The zero-order valence-electron chi connectivity index (χ0n) is 17.5. The number of nitrogens with one attached hydrogen (secondary N) is 1. The van der Waals surface area contributed by atoms with Crippen molar-refractivity contribution in [1.29, 1.82) is 0 Å². The first kappa shape index (κ1) is 22.6. The number of phenolic OH excluding ortho intramolecular Hbond substituents is 1. The number of sulfonamides is 1. The molecule has 0 spiro atoms. The number of anilines is 1. The molecular formula is C22H23NO6S2. The Balaban J connectivity index is 2.12. The largest absolute Gasteiger partial charge is 0.507 e. The molecule has 164 valence electrons. The summed E-state index contributed by atoms with van der Waals surface area (Å²) in [6.45, 7) is 4.88. The molecule has 3 aromatic carbocycles. The Morgan fingerprint density at radius 3 is 1.94 bits per heavy atom. The van der Waals surface area contributed by atoms with E-state index in [4.69, 9.17) is 4.74 Å². The van der Waals surface area contributed by atoms with Crippen LogP contribution in [0, 0.1) is 20.8 Å². The molecule has 0 unspecified atom stereocenters. The van der Waals surface area contributed by atoms with Crippen LogP contribution in [0.4, 0.5) is 5.69 Å². The van der Waals surface area contributed by atoms with E-state index in [0.29, 0.717) is 11.3 Å². The van der Waals surface area contributed by atoms with Gasteiger partial charge in [0.15, 0.2) is 0 Å². The van der Waals surface area contributed by atoms with Crippen molar-refractivity contribution >= 4 is 25.5 Å². The minimum Gasteiger partial charge on any atom is -0.507 e. The number of hydrogen-bond acceptors (Lipinski definition) is 6. The lowest BCUT2D eigenvalue weighted by Gasteiger charge is -2.18. The van der Waals surface area contributed by atoms with Gasteiger partial charge < -0.3 is 9.84 Å². The number of ether oxygens (including phenoxy) is 1. The third-order valence-electron chi connectivity index (χ3n) is 4.90. The Kier molecular flexibility index (Phi) is 6.02. The molecule has 0 saturated carbocycles. The van der Waals surface area contributed by atoms with Gasteiger partial charge in [0.05, 0.1) is 22.6 Å². The van der Waals surface area contributed by atoms with Crippen molar-refractivity contribution in [2.75, 3.05) is 11.8 Å². The number of phenols is 1. The molecule has 0 aliphatic carbocycles. The zero-order valence-corrected chi connectivity index (χ0v) is 19.1. The van der Waals surface area contributed by atoms with Crippen LogP contribution in [0.15, 0.2) is 69.3 Å². The highest BCUT2D eigenvalue weighted by Gasteiger charge is 2.28. The Labute approximate surface area is 182 Å². The molecule has 3 rings (SSSR count). The molecule has 0 atom stereocenters. The van der Waals surface area contributed by atoms with E-state index in [0.717, 1.165) is 5.56 Å². The van der Waals surface area contributed by atoms with Gasteiger partial charge in [-0.25, -0.2) is 16.8 Å². The summed E-state index contributed by atoms with van der Waals surface area (Å²) in [5, 5.41) is 10.5. The summed E-state index contributed by atoms with van der Waals surface area (Å²) in [7, 11) is -6.63. The number of sulfone groups is 1. The Morgan fingerprint density at radius 2 is 1.39 bits per heavy atom. The van der Waals surface area contributed by atoms with Gasteiger partial charge >= 0.3 is 0 Å². The second-order valence-electron chi connectivity index (χ2n) is 7.14. The van der Waals surface area contributed by atoms with Gasteiger partial charge in [0.2, 0.25) is 9.84 Å². The first-order valence-corrected chi connectivity index (χ1v) is 12.3. The third-order valence-corrected chi connectivity index (χ3v) is 8.21. The van der Waals surface area contributed by atoms with E-state index in [1.165, 1.54) is 56.5 Å². The zero-order chi connectivity index (χ0) is 23.0. The Bertz CT molecular complexity index is 1330. The molecule has 0 aromatic heterocycles. The average Bonchev–Trinajstić information content (AvgIpc) is 2.71. The lowest BCUT2D eigenvalue weighted by atomic mass is 10.1. The molecule has 0 heterocycles. The second kappa shape index (κ2) is 8.24. The topological polar surface area (TPSA) is 110 Å². The fraction of sp³-hybridized carbons (Fsp3) is 0.182. The van der Waals surface area contributed by atoms with Crippen molar-refractivity contribution in [3.05, 3.63) is 71.3 Å². The van der Waals surface area contributed by atoms with Crippen LogP contribution >= 0.6 is 0 Å². The molecule has 0 amide bonds. The molecule has 7 nitrogen and oxygen atoms in total. The van der Waals surface area contributed by atoms with Crippen LogP contribution in [-0.4, -0.2) is 29.1 Å². The number of aromatic hydroxyl groups is 1. The average molecular weight is 462 g/mol. The molecule has 3 aromatic rings. The second-order valence-corrected chi connectivity index (χ2v) is 10.7. The summed E-state index contributed by atoms with van der Waals surface area (Å²) in [5.41, 5.74) is 1.50. The van der Waals surface area contributed by atoms with Crippen molar-refractivity contribution in [3.63, 3.8) is 0 Å². The molecule has 0 bridgehead atoms. The lowest BCUT2D eigenvalue weighted by Crippen LogP contribution is -2.16. The molecule has 2 N–H and O–H groups in total. The quantitative estimate of drug-likeness (QED) is 0.538. The smallest absolute Gasteiger partial charge is 0.261 e. The molecule has 0 aliphatic rings. The van der Waals surface area contributed by atoms with Crippen molar-refractivity contribution in [2.45, 2.75) is 35.5 Å². The van der Waals surface area contributed by atoms with Crippen LogP contribution in [0.25, 0.3) is 0 Å². The highest BCUT2D eigenvalue weighted by atomic mass is 32.2. The van der Waals surface area contributed by atoms with E-state index in [1.54, 1.807) is 19.1 Å². The van der Waals surface area contributed by atoms with Crippen molar-refractivity contribution in [2.24, 2.45) is 0 Å². The number of aryl methyl sites for hydroxylation is 2. The summed E-state index contributed by atoms with van der Waals surface area (Å²) < 4.78 is 59.7. The summed E-state index contributed by atoms with van der Waals surface area (Å²) in [6, 6.07) is 13.2. The number of methoxy groups -OCH3 is 1. The van der Waals surface area contributed by atoms with Gasteiger partial charge in [-0.05, 0) is 74.4 Å². The van der Waals surface area contributed by atoms with Crippen LogP contribution in [0.1, 0.15) is 16.7 Å². The highest BCUT2D eigenvalue weighted by molar-refractivity contribution is 7.93. The SMILES string of the molecule is COc1ccc(S(=O)(=O)c2c(O)cc(C)c(NS(=O)(=O)c3ccc(C)cc3)c2C)cc1. The summed E-state index contributed by atoms with van der Waals surface area (Å²) in [6.07, 6.45) is 0. The molecule has 0 aliphatic heterocycles. The molecule has 0 fully saturated rings.